The summed E-state index contributed by atoms with van der Waals surface area (Å²) in [5.74, 6) is -1.56. The zero-order valence-corrected chi connectivity index (χ0v) is 15.8. The average Bonchev–Trinajstić information content (AvgIpc) is 2.63. The number of aryl methyl sites for hydroxylation is 2. The van der Waals surface area contributed by atoms with E-state index in [1.54, 1.807) is 0 Å². The Labute approximate surface area is 163 Å². The summed E-state index contributed by atoms with van der Waals surface area (Å²) in [6.45, 7) is 0.391. The number of rotatable bonds is 8. The lowest BCUT2D eigenvalue weighted by molar-refractivity contribution is -0.117. The van der Waals surface area contributed by atoms with Crippen LogP contribution in [-0.4, -0.2) is 23.7 Å². The Hall–Kier alpha value is -2.31. The van der Waals surface area contributed by atoms with Gasteiger partial charge >= 0.3 is 0 Å². The van der Waals surface area contributed by atoms with Gasteiger partial charge in [0.2, 0.25) is 5.91 Å². The van der Waals surface area contributed by atoms with Crippen LogP contribution in [0.25, 0.3) is 0 Å². The third-order valence-electron chi connectivity index (χ3n) is 5.19. The van der Waals surface area contributed by atoms with Gasteiger partial charge in [0.25, 0.3) is 0 Å². The Morgan fingerprint density at radius 3 is 2.64 bits per heavy atom. The molecule has 6 heteroatoms. The van der Waals surface area contributed by atoms with Crippen LogP contribution in [0.5, 0.6) is 0 Å². The molecule has 0 aliphatic heterocycles. The largest absolute Gasteiger partial charge is 0.392 e. The van der Waals surface area contributed by atoms with Gasteiger partial charge in [-0.1, -0.05) is 18.2 Å². The Morgan fingerprint density at radius 2 is 1.93 bits per heavy atom. The molecule has 2 atom stereocenters. The first-order valence-electron chi connectivity index (χ1n) is 9.67. The van der Waals surface area contributed by atoms with Gasteiger partial charge in [-0.15, -0.1) is 0 Å². The molecule has 0 fully saturated rings. The summed E-state index contributed by atoms with van der Waals surface area (Å²) in [5, 5.41) is 13.7. The first kappa shape index (κ1) is 20.4. The van der Waals surface area contributed by atoms with E-state index in [0.717, 1.165) is 36.5 Å². The molecule has 2 aromatic rings. The van der Waals surface area contributed by atoms with Crippen LogP contribution in [0.15, 0.2) is 36.4 Å². The number of nitrogens with one attached hydrogen (secondary N) is 1. The third kappa shape index (κ3) is 5.59. The Morgan fingerprint density at radius 1 is 1.18 bits per heavy atom. The summed E-state index contributed by atoms with van der Waals surface area (Å²) >= 11 is 0. The summed E-state index contributed by atoms with van der Waals surface area (Å²) in [5.41, 5.74) is 9.14. The number of benzene rings is 2. The maximum atomic E-state index is 13.3. The van der Waals surface area contributed by atoms with Gasteiger partial charge in [0.05, 0.1) is 12.5 Å². The van der Waals surface area contributed by atoms with Crippen LogP contribution in [-0.2, 0) is 24.1 Å². The van der Waals surface area contributed by atoms with E-state index in [0.29, 0.717) is 24.9 Å². The first-order chi connectivity index (χ1) is 13.4. The molecule has 0 saturated carbocycles. The first-order valence-corrected chi connectivity index (χ1v) is 9.67. The molecule has 0 heterocycles. The van der Waals surface area contributed by atoms with Crippen molar-refractivity contribution >= 4 is 5.91 Å². The second kappa shape index (κ2) is 9.26. The summed E-state index contributed by atoms with van der Waals surface area (Å²) in [4.78, 5) is 11.2. The fourth-order valence-electron chi connectivity index (χ4n) is 3.84. The summed E-state index contributed by atoms with van der Waals surface area (Å²) in [6.07, 6.45) is 3.42. The molecule has 28 heavy (non-hydrogen) atoms. The third-order valence-corrected chi connectivity index (χ3v) is 5.19. The zero-order chi connectivity index (χ0) is 20.1. The van der Waals surface area contributed by atoms with E-state index in [4.69, 9.17) is 5.73 Å². The van der Waals surface area contributed by atoms with Crippen molar-refractivity contribution in [2.45, 2.75) is 50.7 Å². The molecule has 2 aromatic carbocycles. The second-order valence-corrected chi connectivity index (χ2v) is 7.50. The van der Waals surface area contributed by atoms with Crippen molar-refractivity contribution in [3.63, 3.8) is 0 Å². The zero-order valence-electron chi connectivity index (χ0n) is 15.8. The van der Waals surface area contributed by atoms with Crippen molar-refractivity contribution in [3.8, 4) is 0 Å². The van der Waals surface area contributed by atoms with Crippen molar-refractivity contribution in [3.05, 3.63) is 70.3 Å². The monoisotopic (exact) mass is 388 g/mol. The van der Waals surface area contributed by atoms with Gasteiger partial charge in [-0.05, 0) is 66.5 Å². The number of carbonyl (C=O) groups excluding carboxylic acids is 1. The summed E-state index contributed by atoms with van der Waals surface area (Å²) < 4.78 is 26.5. The summed E-state index contributed by atoms with van der Waals surface area (Å²) in [6, 6.07) is 9.56. The van der Waals surface area contributed by atoms with Crippen molar-refractivity contribution in [1.82, 2.24) is 5.32 Å². The van der Waals surface area contributed by atoms with E-state index < -0.39 is 17.7 Å². The predicted molar refractivity (Wildman–Crippen MR) is 104 cm³/mol. The number of nitrogens with two attached hydrogens (primary N) is 1. The van der Waals surface area contributed by atoms with E-state index in [2.05, 4.69) is 11.4 Å². The number of halogens is 2. The molecular formula is C22H26F2N2O2. The van der Waals surface area contributed by atoms with Crippen molar-refractivity contribution in [1.29, 1.82) is 0 Å². The van der Waals surface area contributed by atoms with Gasteiger partial charge in [0.15, 0.2) is 0 Å². The van der Waals surface area contributed by atoms with Crippen LogP contribution >= 0.6 is 0 Å². The van der Waals surface area contributed by atoms with Crippen LogP contribution in [0.2, 0.25) is 0 Å². The quantitative estimate of drug-likeness (QED) is 0.651. The topological polar surface area (TPSA) is 75.4 Å². The number of amides is 1. The molecule has 150 valence electrons. The van der Waals surface area contributed by atoms with Crippen LogP contribution in [0.4, 0.5) is 8.78 Å². The van der Waals surface area contributed by atoms with E-state index in [1.165, 1.54) is 17.7 Å². The highest BCUT2D eigenvalue weighted by atomic mass is 19.1. The number of primary amides is 1. The Bertz CT molecular complexity index is 821. The second-order valence-electron chi connectivity index (χ2n) is 7.50. The summed E-state index contributed by atoms with van der Waals surface area (Å²) in [7, 11) is 0. The van der Waals surface area contributed by atoms with Crippen LogP contribution in [0.3, 0.4) is 0 Å². The standard InChI is InChI=1S/C22H26F2N2O2/c23-17-8-14(9-18(24)12-17)5-7-19(27)13-26-21-3-1-2-16-6-4-15(10-20(16)21)11-22(25)28/h4,6,8-10,12,19,21,26-27H,1-3,5,7,11,13H2,(H2,25,28). The van der Waals surface area contributed by atoms with Gasteiger partial charge in [-0.3, -0.25) is 4.79 Å². The van der Waals surface area contributed by atoms with E-state index in [9.17, 15) is 18.7 Å². The Balaban J connectivity index is 1.56. The number of aliphatic hydroxyl groups is 1. The maximum absolute atomic E-state index is 13.3. The van der Waals surface area contributed by atoms with E-state index in [-0.39, 0.29) is 18.4 Å². The predicted octanol–water partition coefficient (Wildman–Crippen LogP) is 2.95. The fraction of sp³-hybridized carbons (Fsp3) is 0.409. The van der Waals surface area contributed by atoms with Crippen LogP contribution in [0.1, 0.15) is 47.6 Å². The molecule has 0 aromatic heterocycles. The van der Waals surface area contributed by atoms with Crippen molar-refractivity contribution in [2.75, 3.05) is 6.54 Å². The SMILES string of the molecule is NC(=O)Cc1ccc2c(c1)C(NCC(O)CCc1cc(F)cc(F)c1)CCC2. The molecule has 4 N–H and O–H groups in total. The normalized spacial score (nSPS) is 17.2. The van der Waals surface area contributed by atoms with Crippen molar-refractivity contribution < 1.29 is 18.7 Å². The van der Waals surface area contributed by atoms with Crippen molar-refractivity contribution in [2.24, 2.45) is 5.73 Å². The van der Waals surface area contributed by atoms with Gasteiger partial charge < -0.3 is 16.2 Å². The molecule has 0 radical (unpaired) electrons. The smallest absolute Gasteiger partial charge is 0.221 e. The van der Waals surface area contributed by atoms with Crippen LogP contribution in [0, 0.1) is 11.6 Å². The van der Waals surface area contributed by atoms with Gasteiger partial charge in [0.1, 0.15) is 11.6 Å². The lowest BCUT2D eigenvalue weighted by atomic mass is 9.86. The molecule has 1 aliphatic carbocycles. The van der Waals surface area contributed by atoms with Gasteiger partial charge in [-0.25, -0.2) is 8.78 Å². The van der Waals surface area contributed by atoms with E-state index in [1.807, 2.05) is 12.1 Å². The molecule has 0 saturated heterocycles. The highest BCUT2D eigenvalue weighted by molar-refractivity contribution is 5.76. The number of hydrogen-bond donors (Lipinski definition) is 3. The molecule has 3 rings (SSSR count). The molecule has 4 nitrogen and oxygen atoms in total. The average molecular weight is 388 g/mol. The molecule has 2 unspecified atom stereocenters. The molecule has 1 aliphatic rings. The number of fused-ring (bicyclic) bond motifs is 1. The Kier molecular flexibility index (Phi) is 6.75. The minimum absolute atomic E-state index is 0.109. The number of hydrogen-bond acceptors (Lipinski definition) is 3. The maximum Gasteiger partial charge on any atom is 0.221 e. The molecule has 0 spiro atoms. The number of carbonyl (C=O) groups is 1. The van der Waals surface area contributed by atoms with Gasteiger partial charge in [-0.2, -0.15) is 0 Å². The van der Waals surface area contributed by atoms with Gasteiger partial charge in [0, 0.05) is 18.7 Å². The molecule has 0 bridgehead atoms. The lowest BCUT2D eigenvalue weighted by Gasteiger charge is -2.28. The minimum Gasteiger partial charge on any atom is -0.392 e. The fourth-order valence-corrected chi connectivity index (χ4v) is 3.84. The minimum atomic E-state index is -0.620. The molecular weight excluding hydrogens is 362 g/mol. The highest BCUT2D eigenvalue weighted by Gasteiger charge is 2.21. The number of aliphatic hydroxyl groups excluding tert-OH is 1. The van der Waals surface area contributed by atoms with E-state index >= 15 is 0 Å². The van der Waals surface area contributed by atoms with Crippen LogP contribution < -0.4 is 11.1 Å². The molecule has 1 amide bonds. The highest BCUT2D eigenvalue weighted by Crippen LogP contribution is 2.30. The lowest BCUT2D eigenvalue weighted by Crippen LogP contribution is -2.32.